The molecule has 0 saturated heterocycles. The molecule has 0 aliphatic heterocycles. The Balaban J connectivity index is 2.37. The smallest absolute Gasteiger partial charge is 0.293 e. The fourth-order valence-corrected chi connectivity index (χ4v) is 2.30. The minimum Gasteiger partial charge on any atom is -0.293 e. The van der Waals surface area contributed by atoms with Gasteiger partial charge < -0.3 is 0 Å². The maximum Gasteiger partial charge on any atom is 0.295 e. The second-order valence-corrected chi connectivity index (χ2v) is 4.71. The van der Waals surface area contributed by atoms with Crippen LogP contribution in [0.15, 0.2) is 36.7 Å². The van der Waals surface area contributed by atoms with Crippen LogP contribution in [0, 0.1) is 10.1 Å². The minimum atomic E-state index is -0.449. The number of benzene rings is 1. The lowest BCUT2D eigenvalue weighted by Crippen LogP contribution is -1.98. The average molecular weight is 309 g/mol. The van der Waals surface area contributed by atoms with Crippen molar-refractivity contribution in [1.29, 1.82) is 0 Å². The zero-order valence-corrected chi connectivity index (χ0v) is 11.3. The normalized spacial score (nSPS) is 10.9. The van der Waals surface area contributed by atoms with Crippen molar-refractivity contribution in [2.24, 2.45) is 0 Å². The van der Waals surface area contributed by atoms with Gasteiger partial charge in [-0.25, -0.2) is 4.98 Å². The summed E-state index contributed by atoms with van der Waals surface area (Å²) in [7, 11) is 0. The largest absolute Gasteiger partial charge is 0.295 e. The molecule has 0 unspecified atom stereocenters. The Bertz CT molecular complexity index is 831. The second-order valence-electron chi connectivity index (χ2n) is 3.97. The van der Waals surface area contributed by atoms with Gasteiger partial charge in [-0.2, -0.15) is 4.98 Å². The summed E-state index contributed by atoms with van der Waals surface area (Å²) in [5.74, 6) is 0.302. The van der Waals surface area contributed by atoms with E-state index in [-0.39, 0.29) is 16.0 Å². The molecule has 0 amide bonds. The van der Waals surface area contributed by atoms with Gasteiger partial charge in [0.2, 0.25) is 5.28 Å². The van der Waals surface area contributed by atoms with Crippen LogP contribution in [0.3, 0.4) is 0 Å². The lowest BCUT2D eigenvalue weighted by Gasteiger charge is -2.05. The molecule has 100 valence electrons. The summed E-state index contributed by atoms with van der Waals surface area (Å²) in [5.41, 5.74) is 0.599. The third-order valence-corrected chi connectivity index (χ3v) is 3.26. The predicted molar refractivity (Wildman–Crippen MR) is 75.5 cm³/mol. The Morgan fingerprint density at radius 2 is 2.00 bits per heavy atom. The summed E-state index contributed by atoms with van der Waals surface area (Å²) in [6.45, 7) is 0. The molecule has 8 heteroatoms. The van der Waals surface area contributed by atoms with Crippen molar-refractivity contribution in [3.8, 4) is 5.82 Å². The topological polar surface area (TPSA) is 73.8 Å². The lowest BCUT2D eigenvalue weighted by atomic mass is 10.2. The fraction of sp³-hybridized carbons (Fsp3) is 0. The lowest BCUT2D eigenvalue weighted by molar-refractivity contribution is -0.383. The maximum absolute atomic E-state index is 11.1. The van der Waals surface area contributed by atoms with E-state index in [1.807, 2.05) is 0 Å². The first-order valence-electron chi connectivity index (χ1n) is 5.51. The van der Waals surface area contributed by atoms with Crippen LogP contribution in [-0.4, -0.2) is 19.5 Å². The van der Waals surface area contributed by atoms with Crippen molar-refractivity contribution >= 4 is 39.8 Å². The quantitative estimate of drug-likeness (QED) is 0.411. The van der Waals surface area contributed by atoms with Gasteiger partial charge in [-0.1, -0.05) is 23.7 Å². The number of rotatable bonds is 2. The molecule has 20 heavy (non-hydrogen) atoms. The number of fused-ring (bicyclic) bond motifs is 1. The molecule has 3 aromatic rings. The van der Waals surface area contributed by atoms with Crippen molar-refractivity contribution in [3.63, 3.8) is 0 Å². The molecular weight excluding hydrogens is 303 g/mol. The van der Waals surface area contributed by atoms with E-state index >= 15 is 0 Å². The maximum atomic E-state index is 11.1. The minimum absolute atomic E-state index is 0.0184. The van der Waals surface area contributed by atoms with Crippen molar-refractivity contribution in [2.75, 3.05) is 0 Å². The van der Waals surface area contributed by atoms with E-state index < -0.39 is 4.92 Å². The van der Waals surface area contributed by atoms with E-state index in [2.05, 4.69) is 9.97 Å². The Morgan fingerprint density at radius 1 is 1.25 bits per heavy atom. The molecule has 6 nitrogen and oxygen atoms in total. The van der Waals surface area contributed by atoms with Crippen LogP contribution < -0.4 is 0 Å². The third-order valence-electron chi connectivity index (χ3n) is 2.81. The first kappa shape index (κ1) is 12.8. The highest BCUT2D eigenvalue weighted by Gasteiger charge is 2.19. The van der Waals surface area contributed by atoms with E-state index in [9.17, 15) is 10.1 Å². The van der Waals surface area contributed by atoms with Crippen LogP contribution in [-0.2, 0) is 0 Å². The molecule has 0 fully saturated rings. The van der Waals surface area contributed by atoms with Crippen LogP contribution in [0.1, 0.15) is 0 Å². The zero-order valence-electron chi connectivity index (χ0n) is 9.83. The number of nitro groups is 1. The number of aromatic nitrogens is 3. The first-order chi connectivity index (χ1) is 9.58. The van der Waals surface area contributed by atoms with Gasteiger partial charge in [-0.3, -0.25) is 14.7 Å². The van der Waals surface area contributed by atoms with Crippen LogP contribution in [0.25, 0.3) is 16.7 Å². The van der Waals surface area contributed by atoms with Gasteiger partial charge in [0, 0.05) is 0 Å². The van der Waals surface area contributed by atoms with E-state index in [1.54, 1.807) is 24.3 Å². The molecule has 0 aliphatic rings. The first-order valence-corrected chi connectivity index (χ1v) is 6.26. The fourth-order valence-electron chi connectivity index (χ4n) is 1.99. The Labute approximate surface area is 122 Å². The molecule has 2 aromatic heterocycles. The number of para-hydroxylation sites is 1. The van der Waals surface area contributed by atoms with Crippen molar-refractivity contribution < 1.29 is 4.92 Å². The summed E-state index contributed by atoms with van der Waals surface area (Å²) in [6, 6.07) is 6.92. The SMILES string of the molecule is O=[N+]([O-])c1cn(-c2nc(Cl)ncc2Cl)c2ccccc12. The Hall–Kier alpha value is -2.18. The van der Waals surface area contributed by atoms with Gasteiger partial charge in [0.1, 0.15) is 5.02 Å². The molecule has 0 saturated carbocycles. The standard InChI is InChI=1S/C12H6Cl2N4O2/c13-8-5-15-12(14)16-11(8)17-6-10(18(19)20)7-3-1-2-4-9(7)17/h1-6H. The van der Waals surface area contributed by atoms with Crippen molar-refractivity contribution in [2.45, 2.75) is 0 Å². The number of nitrogens with zero attached hydrogens (tertiary/aromatic N) is 4. The van der Waals surface area contributed by atoms with Crippen molar-refractivity contribution in [3.05, 3.63) is 57.1 Å². The Morgan fingerprint density at radius 3 is 2.75 bits per heavy atom. The highest BCUT2D eigenvalue weighted by atomic mass is 35.5. The van der Waals surface area contributed by atoms with Crippen LogP contribution in [0.2, 0.25) is 10.3 Å². The molecule has 0 spiro atoms. The molecule has 2 heterocycles. The predicted octanol–water partition coefficient (Wildman–Crippen LogP) is 3.64. The average Bonchev–Trinajstić information content (AvgIpc) is 2.81. The highest BCUT2D eigenvalue weighted by molar-refractivity contribution is 6.33. The second kappa shape index (κ2) is 4.73. The molecule has 3 rings (SSSR count). The van der Waals surface area contributed by atoms with Gasteiger partial charge in [-0.15, -0.1) is 0 Å². The molecular formula is C12H6Cl2N4O2. The number of halogens is 2. The molecule has 0 aliphatic carbocycles. The molecule has 0 atom stereocenters. The third kappa shape index (κ3) is 1.99. The van der Waals surface area contributed by atoms with Crippen LogP contribution in [0.5, 0.6) is 0 Å². The van der Waals surface area contributed by atoms with E-state index in [0.717, 1.165) is 0 Å². The highest BCUT2D eigenvalue weighted by Crippen LogP contribution is 2.31. The van der Waals surface area contributed by atoms with Gasteiger partial charge in [-0.05, 0) is 23.7 Å². The summed E-state index contributed by atoms with van der Waals surface area (Å²) in [4.78, 5) is 18.5. The summed E-state index contributed by atoms with van der Waals surface area (Å²) >= 11 is 11.8. The van der Waals surface area contributed by atoms with Crippen LogP contribution in [0.4, 0.5) is 5.69 Å². The summed E-state index contributed by atoms with van der Waals surface area (Å²) < 4.78 is 1.53. The van der Waals surface area contributed by atoms with E-state index in [1.165, 1.54) is 17.0 Å². The summed E-state index contributed by atoms with van der Waals surface area (Å²) in [5, 5.41) is 11.9. The van der Waals surface area contributed by atoms with Gasteiger partial charge >= 0.3 is 0 Å². The van der Waals surface area contributed by atoms with Gasteiger partial charge in [0.25, 0.3) is 5.69 Å². The van der Waals surface area contributed by atoms with Gasteiger partial charge in [0.05, 0.1) is 28.2 Å². The zero-order chi connectivity index (χ0) is 14.3. The van der Waals surface area contributed by atoms with Crippen LogP contribution >= 0.6 is 23.2 Å². The van der Waals surface area contributed by atoms with Crippen molar-refractivity contribution in [1.82, 2.24) is 14.5 Å². The van der Waals surface area contributed by atoms with E-state index in [4.69, 9.17) is 23.2 Å². The summed E-state index contributed by atoms with van der Waals surface area (Å²) in [6.07, 6.45) is 2.72. The molecule has 1 aromatic carbocycles. The monoisotopic (exact) mass is 308 g/mol. The van der Waals surface area contributed by atoms with Gasteiger partial charge in [0.15, 0.2) is 5.82 Å². The molecule has 0 bridgehead atoms. The number of hydrogen-bond donors (Lipinski definition) is 0. The molecule has 0 radical (unpaired) electrons. The van der Waals surface area contributed by atoms with E-state index in [0.29, 0.717) is 16.7 Å². The molecule has 0 N–H and O–H groups in total. The number of hydrogen-bond acceptors (Lipinski definition) is 4. The Kier molecular flexibility index (Phi) is 3.04.